The summed E-state index contributed by atoms with van der Waals surface area (Å²) in [6, 6.07) is 4.80. The zero-order valence-electron chi connectivity index (χ0n) is 9.59. The molecule has 0 radical (unpaired) electrons. The number of hydrogen-bond donors (Lipinski definition) is 1. The van der Waals surface area contributed by atoms with E-state index in [0.29, 0.717) is 23.6 Å². The molecule has 0 saturated carbocycles. The van der Waals surface area contributed by atoms with Gasteiger partial charge in [-0.05, 0) is 29.4 Å². The Labute approximate surface area is 101 Å². The van der Waals surface area contributed by atoms with Crippen molar-refractivity contribution >= 4 is 16.9 Å². The highest BCUT2D eigenvalue weighted by molar-refractivity contribution is 5.82. The first-order valence-corrected chi connectivity index (χ1v) is 5.45. The topological polar surface area (TPSA) is 82.8 Å². The number of benzene rings is 1. The number of nitrogen functional groups attached to an aromatic ring is 1. The lowest BCUT2D eigenvalue weighted by atomic mass is 10.3. The van der Waals surface area contributed by atoms with Gasteiger partial charge in [0.05, 0.1) is 5.52 Å². The highest BCUT2D eigenvalue weighted by Gasteiger charge is 2.19. The molecule has 0 aliphatic rings. The van der Waals surface area contributed by atoms with Crippen molar-refractivity contribution in [3.63, 3.8) is 0 Å². The van der Waals surface area contributed by atoms with Gasteiger partial charge in [-0.15, -0.1) is 0 Å². The van der Waals surface area contributed by atoms with Crippen LogP contribution in [-0.4, -0.2) is 19.9 Å². The quantitative estimate of drug-likeness (QED) is 0.746. The van der Waals surface area contributed by atoms with Crippen LogP contribution in [0.1, 0.15) is 6.92 Å². The molecule has 18 heavy (non-hydrogen) atoms. The normalized spacial score (nSPS) is 11.2. The Hall–Kier alpha value is -2.44. The molecule has 0 bridgehead atoms. The number of hydrogen-bond acceptors (Lipinski definition) is 5. The van der Waals surface area contributed by atoms with Crippen LogP contribution in [-0.2, 0) is 6.54 Å². The van der Waals surface area contributed by atoms with Crippen molar-refractivity contribution in [3.05, 3.63) is 24.0 Å². The van der Waals surface area contributed by atoms with E-state index in [9.17, 15) is 4.39 Å². The average molecular weight is 247 g/mol. The fourth-order valence-corrected chi connectivity index (χ4v) is 1.96. The Kier molecular flexibility index (Phi) is 2.26. The number of halogens is 1. The number of rotatable bonds is 2. The molecule has 7 heteroatoms. The second kappa shape index (κ2) is 3.80. The van der Waals surface area contributed by atoms with Crippen molar-refractivity contribution in [2.75, 3.05) is 5.73 Å². The molecular formula is C11H10FN5O. The molecule has 0 atom stereocenters. The van der Waals surface area contributed by atoms with Crippen molar-refractivity contribution in [3.8, 4) is 11.5 Å². The minimum absolute atomic E-state index is 0.139. The number of imidazole rings is 1. The third kappa shape index (κ3) is 1.37. The van der Waals surface area contributed by atoms with Gasteiger partial charge in [0.2, 0.25) is 0 Å². The number of fused-ring (bicyclic) bond motifs is 1. The monoisotopic (exact) mass is 247 g/mol. The number of aryl methyl sites for hydroxylation is 1. The highest BCUT2D eigenvalue weighted by Crippen LogP contribution is 2.27. The van der Waals surface area contributed by atoms with Gasteiger partial charge in [-0.2, -0.15) is 0 Å². The number of anilines is 1. The molecule has 3 rings (SSSR count). The molecule has 6 nitrogen and oxygen atoms in total. The van der Waals surface area contributed by atoms with E-state index in [1.165, 1.54) is 6.07 Å². The van der Waals surface area contributed by atoms with Crippen LogP contribution >= 0.6 is 0 Å². The van der Waals surface area contributed by atoms with Crippen molar-refractivity contribution < 1.29 is 9.02 Å². The van der Waals surface area contributed by atoms with Gasteiger partial charge in [0.25, 0.3) is 0 Å². The summed E-state index contributed by atoms with van der Waals surface area (Å²) in [5.41, 5.74) is 6.95. The van der Waals surface area contributed by atoms with Gasteiger partial charge in [-0.3, -0.25) is 0 Å². The van der Waals surface area contributed by atoms with E-state index in [0.717, 1.165) is 0 Å². The molecule has 92 valence electrons. The number of aromatic nitrogens is 4. The Morgan fingerprint density at radius 1 is 1.39 bits per heavy atom. The molecule has 0 fully saturated rings. The van der Waals surface area contributed by atoms with E-state index < -0.39 is 0 Å². The first-order chi connectivity index (χ1) is 8.72. The Morgan fingerprint density at radius 2 is 2.22 bits per heavy atom. The maximum absolute atomic E-state index is 13.7. The molecule has 2 heterocycles. The van der Waals surface area contributed by atoms with Crippen LogP contribution in [0, 0.1) is 5.82 Å². The molecule has 0 saturated heterocycles. The molecule has 0 aliphatic heterocycles. The maximum atomic E-state index is 13.7. The summed E-state index contributed by atoms with van der Waals surface area (Å²) in [6.45, 7) is 2.54. The predicted molar refractivity (Wildman–Crippen MR) is 63.1 cm³/mol. The van der Waals surface area contributed by atoms with Crippen molar-refractivity contribution in [1.29, 1.82) is 0 Å². The Bertz CT molecular complexity index is 717. The van der Waals surface area contributed by atoms with E-state index >= 15 is 0 Å². The Balaban J connectivity index is 2.36. The van der Waals surface area contributed by atoms with Gasteiger partial charge < -0.3 is 10.3 Å². The third-order valence-corrected chi connectivity index (χ3v) is 2.77. The smallest absolute Gasteiger partial charge is 0.199 e. The molecule has 1 aromatic carbocycles. The number of nitrogens with two attached hydrogens (primary N) is 1. The number of para-hydroxylation sites is 1. The summed E-state index contributed by atoms with van der Waals surface area (Å²) in [5.74, 6) is 0.215. The molecule has 0 aliphatic carbocycles. The highest BCUT2D eigenvalue weighted by atomic mass is 19.1. The van der Waals surface area contributed by atoms with Crippen LogP contribution < -0.4 is 5.73 Å². The van der Waals surface area contributed by atoms with Gasteiger partial charge >= 0.3 is 0 Å². The summed E-state index contributed by atoms with van der Waals surface area (Å²) < 4.78 is 20.1. The van der Waals surface area contributed by atoms with Gasteiger partial charge in [0.15, 0.2) is 23.2 Å². The van der Waals surface area contributed by atoms with Crippen LogP contribution in [0.15, 0.2) is 22.8 Å². The molecule has 0 unspecified atom stereocenters. The first kappa shape index (κ1) is 10.7. The fourth-order valence-electron chi connectivity index (χ4n) is 1.96. The van der Waals surface area contributed by atoms with E-state index in [2.05, 4.69) is 19.9 Å². The zero-order chi connectivity index (χ0) is 12.7. The second-order valence-corrected chi connectivity index (χ2v) is 3.79. The van der Waals surface area contributed by atoms with Gasteiger partial charge in [0, 0.05) is 6.54 Å². The fraction of sp³-hybridized carbons (Fsp3) is 0.182. The van der Waals surface area contributed by atoms with Crippen LogP contribution in [0.4, 0.5) is 10.2 Å². The SMILES string of the molecule is CCn1c(-c2nonc2N)nc2c(F)cccc21. The molecule has 0 spiro atoms. The summed E-state index contributed by atoms with van der Waals surface area (Å²) in [6.07, 6.45) is 0. The van der Waals surface area contributed by atoms with Crippen molar-refractivity contribution in [1.82, 2.24) is 19.9 Å². The summed E-state index contributed by atoms with van der Waals surface area (Å²) >= 11 is 0. The average Bonchev–Trinajstić information content (AvgIpc) is 2.92. The van der Waals surface area contributed by atoms with E-state index in [1.54, 1.807) is 12.1 Å². The first-order valence-electron chi connectivity index (χ1n) is 5.45. The van der Waals surface area contributed by atoms with Gasteiger partial charge in [-0.1, -0.05) is 6.07 Å². The zero-order valence-corrected chi connectivity index (χ0v) is 9.59. The predicted octanol–water partition coefficient (Wildman–Crippen LogP) is 1.83. The summed E-state index contributed by atoms with van der Waals surface area (Å²) in [7, 11) is 0. The molecule has 2 aromatic heterocycles. The van der Waals surface area contributed by atoms with Crippen LogP contribution in [0.3, 0.4) is 0 Å². The Morgan fingerprint density at radius 3 is 2.89 bits per heavy atom. The maximum Gasteiger partial charge on any atom is 0.199 e. The summed E-state index contributed by atoms with van der Waals surface area (Å²) in [4.78, 5) is 4.23. The van der Waals surface area contributed by atoms with E-state index in [-0.39, 0.29) is 17.2 Å². The molecular weight excluding hydrogens is 237 g/mol. The lowest BCUT2D eigenvalue weighted by Gasteiger charge is -2.02. The molecule has 0 amide bonds. The number of nitrogens with zero attached hydrogens (tertiary/aromatic N) is 4. The standard InChI is InChI=1S/C11H10FN5O/c1-2-17-7-5-3-4-6(12)8(7)14-11(17)9-10(13)16-18-15-9/h3-5H,2H2,1H3,(H2,13,16). The van der Waals surface area contributed by atoms with Crippen molar-refractivity contribution in [2.24, 2.45) is 0 Å². The largest absolute Gasteiger partial charge is 0.379 e. The third-order valence-electron chi connectivity index (χ3n) is 2.77. The van der Waals surface area contributed by atoms with Gasteiger partial charge in [-0.25, -0.2) is 14.0 Å². The van der Waals surface area contributed by atoms with E-state index in [4.69, 9.17) is 5.73 Å². The van der Waals surface area contributed by atoms with Crippen LogP contribution in [0.25, 0.3) is 22.6 Å². The van der Waals surface area contributed by atoms with Crippen molar-refractivity contribution in [2.45, 2.75) is 13.5 Å². The molecule has 3 aromatic rings. The minimum Gasteiger partial charge on any atom is -0.379 e. The minimum atomic E-state index is -0.379. The molecule has 2 N–H and O–H groups in total. The summed E-state index contributed by atoms with van der Waals surface area (Å²) in [5, 5.41) is 7.21. The van der Waals surface area contributed by atoms with E-state index in [1.807, 2.05) is 11.5 Å². The second-order valence-electron chi connectivity index (χ2n) is 3.79. The van der Waals surface area contributed by atoms with Gasteiger partial charge in [0.1, 0.15) is 5.52 Å². The lowest BCUT2D eigenvalue weighted by molar-refractivity contribution is 0.310. The lowest BCUT2D eigenvalue weighted by Crippen LogP contribution is -1.99. The van der Waals surface area contributed by atoms with Crippen LogP contribution in [0.5, 0.6) is 0 Å². The van der Waals surface area contributed by atoms with Crippen LogP contribution in [0.2, 0.25) is 0 Å².